The number of nitrogens with one attached hydrogen (secondary N) is 2. The maximum Gasteiger partial charge on any atom is 0.431 e. The summed E-state index contributed by atoms with van der Waals surface area (Å²) >= 11 is 5.94. The Labute approximate surface area is 346 Å². The number of urea groups is 1. The van der Waals surface area contributed by atoms with Gasteiger partial charge in [0.05, 0.1) is 33.7 Å². The molecule has 0 aliphatic rings. The van der Waals surface area contributed by atoms with E-state index in [0.29, 0.717) is 21.3 Å². The van der Waals surface area contributed by atoms with Crippen LogP contribution in [-0.4, -0.2) is 83.8 Å². The number of aromatic carboxylic acids is 1. The molecule has 0 aliphatic heterocycles. The summed E-state index contributed by atoms with van der Waals surface area (Å²) in [5.41, 5.74) is 3.24. The number of aliphatic carboxylic acids is 1. The summed E-state index contributed by atoms with van der Waals surface area (Å²) < 4.78 is 81.2. The summed E-state index contributed by atoms with van der Waals surface area (Å²) in [7, 11) is -2.21. The predicted molar refractivity (Wildman–Crippen MR) is 211 cm³/mol. The van der Waals surface area contributed by atoms with Gasteiger partial charge in [-0.15, -0.1) is 0 Å². The number of hydrogen-bond acceptors (Lipinski definition) is 11. The number of rotatable bonds is 11. The molecule has 0 fully saturated rings. The van der Waals surface area contributed by atoms with E-state index >= 15 is 0 Å². The number of anilines is 1. The van der Waals surface area contributed by atoms with Gasteiger partial charge in [-0.2, -0.15) is 18.3 Å². The van der Waals surface area contributed by atoms with Crippen LogP contribution in [0.15, 0.2) is 75.5 Å². The van der Waals surface area contributed by atoms with Crippen molar-refractivity contribution < 1.29 is 65.5 Å². The van der Waals surface area contributed by atoms with Crippen LogP contribution in [0.4, 0.5) is 32.4 Å². The minimum Gasteiger partial charge on any atom is -0.480 e. The Hall–Kier alpha value is -6.29. The van der Waals surface area contributed by atoms with Crippen LogP contribution in [0.5, 0.6) is 0 Å². The van der Waals surface area contributed by atoms with Crippen LogP contribution in [0.3, 0.4) is 0 Å². The van der Waals surface area contributed by atoms with E-state index in [1.165, 1.54) is 44.1 Å². The lowest BCUT2D eigenvalue weighted by molar-refractivity contribution is -0.144. The Morgan fingerprint density at radius 2 is 1.62 bits per heavy atom. The number of carbonyl (C=O) groups is 4. The second kappa shape index (κ2) is 21.8. The zero-order chi connectivity index (χ0) is 46.6. The Kier molecular flexibility index (Phi) is 18.2. The van der Waals surface area contributed by atoms with Crippen molar-refractivity contribution in [3.05, 3.63) is 121 Å². The van der Waals surface area contributed by atoms with Crippen molar-refractivity contribution in [2.45, 2.75) is 45.5 Å². The van der Waals surface area contributed by atoms with E-state index in [1.54, 1.807) is 13.8 Å². The number of hydrogen-bond donors (Lipinski definition) is 6. The van der Waals surface area contributed by atoms with Crippen LogP contribution in [0.2, 0.25) is 5.02 Å². The van der Waals surface area contributed by atoms with Gasteiger partial charge in [-0.05, 0) is 69.7 Å². The second-order valence-electron chi connectivity index (χ2n) is 12.8. The van der Waals surface area contributed by atoms with Crippen LogP contribution in [-0.2, 0) is 27.3 Å². The molecule has 7 N–H and O–H groups in total. The minimum atomic E-state index is -4.86. The molecule has 0 spiro atoms. The van der Waals surface area contributed by atoms with Gasteiger partial charge >= 0.3 is 35.8 Å². The second-order valence-corrected chi connectivity index (χ2v) is 15.8. The van der Waals surface area contributed by atoms with Gasteiger partial charge in [0.2, 0.25) is 0 Å². The molecular formula is C36H38ClF5N7O11P. The summed E-state index contributed by atoms with van der Waals surface area (Å²) in [6.45, 7) is 5.87. The highest BCUT2D eigenvalue weighted by molar-refractivity contribution is 7.57. The number of nitrogens with zero attached hydrogens (tertiary/aromatic N) is 4. The Balaban J connectivity index is 0.000000340. The van der Waals surface area contributed by atoms with Gasteiger partial charge in [-0.3, -0.25) is 23.7 Å². The van der Waals surface area contributed by atoms with E-state index in [-0.39, 0.29) is 51.5 Å². The number of halogens is 6. The first kappa shape index (κ1) is 50.9. The van der Waals surface area contributed by atoms with E-state index in [9.17, 15) is 55.3 Å². The average Bonchev–Trinajstić information content (AvgIpc) is 3.14. The number of pyridine rings is 1. The smallest absolute Gasteiger partial charge is 0.431 e. The zero-order valence-electron chi connectivity index (χ0n) is 32.5. The summed E-state index contributed by atoms with van der Waals surface area (Å²) in [6, 6.07) is 7.36. The lowest BCUT2D eigenvalue weighted by atomic mass is 10.1. The summed E-state index contributed by atoms with van der Waals surface area (Å²) in [6.07, 6.45) is -3.92. The number of ether oxygens (including phenoxy) is 1. The van der Waals surface area contributed by atoms with Gasteiger partial charge in [-0.25, -0.2) is 38.0 Å². The lowest BCUT2D eigenvalue weighted by Gasteiger charge is -2.15. The van der Waals surface area contributed by atoms with Crippen LogP contribution >= 0.6 is 19.0 Å². The molecule has 2 heterocycles. The normalized spacial score (nSPS) is 12.7. The van der Waals surface area contributed by atoms with Crippen molar-refractivity contribution in [1.29, 1.82) is 0 Å². The van der Waals surface area contributed by atoms with Gasteiger partial charge in [0.25, 0.3) is 5.56 Å². The molecular weight excluding hydrogens is 868 g/mol. The van der Waals surface area contributed by atoms with Crippen molar-refractivity contribution in [3.63, 3.8) is 0 Å². The highest BCUT2D eigenvalue weighted by atomic mass is 35.5. The molecule has 61 heavy (non-hydrogen) atoms. The predicted octanol–water partition coefficient (Wildman–Crippen LogP) is 5.07. The van der Waals surface area contributed by atoms with Crippen LogP contribution in [0.25, 0.3) is 5.69 Å². The fraction of sp³-hybridized carbons (Fsp3) is 0.278. The first-order chi connectivity index (χ1) is 28.1. The summed E-state index contributed by atoms with van der Waals surface area (Å²) in [4.78, 5) is 82.0. The molecule has 4 aromatic rings. The maximum atomic E-state index is 13.0. The number of carboxylic acid groups (broad SMARTS) is 2. The number of nitrogens with two attached hydrogens (primary N) is 1. The van der Waals surface area contributed by atoms with E-state index in [0.717, 1.165) is 25.2 Å². The Bertz CT molecular complexity index is 2450. The summed E-state index contributed by atoms with van der Waals surface area (Å²) in [5, 5.41) is 23.3. The molecule has 4 rings (SSSR count). The molecule has 330 valence electrons. The fourth-order valence-corrected chi connectivity index (χ4v) is 5.51. The average molecular weight is 906 g/mol. The molecule has 2 aromatic carbocycles. The van der Waals surface area contributed by atoms with Crippen molar-refractivity contribution in [1.82, 2.24) is 19.5 Å². The first-order valence-electron chi connectivity index (χ1n) is 17.1. The number of hydrazone groups is 1. The van der Waals surface area contributed by atoms with Gasteiger partial charge in [0.1, 0.15) is 29.1 Å². The van der Waals surface area contributed by atoms with Crippen LogP contribution in [0, 0.1) is 11.6 Å². The standard InChI is InChI=1S/C16H14ClF3N2O4.C15H12F2N4O3.C5H12NO4P/c1-8(2)26-14(24)10-6-9(4-5-11(10)17)22-13(23)7-12(16(18,19)20)21(3)15(22)25;1-8(13-12(14(22)23)3-2-4-18-13)20-21-15(24)19-11-6-9(16)5-10(17)7-11;1-11(9,10)3-2-4(6)5(7)8/h4-8H,1-3H3;2-7H,1H3,(H,22,23)(H2,19,21,24);4H,2-3,6H2,1H3,(H,7,8)(H,9,10)/b;20-8+;. The van der Waals surface area contributed by atoms with Crippen molar-refractivity contribution in [2.24, 2.45) is 17.9 Å². The van der Waals surface area contributed by atoms with Gasteiger partial charge < -0.3 is 30.9 Å². The molecule has 2 unspecified atom stereocenters. The Morgan fingerprint density at radius 3 is 2.15 bits per heavy atom. The number of benzene rings is 2. The number of esters is 1. The highest BCUT2D eigenvalue weighted by Gasteiger charge is 2.35. The molecule has 2 amide bonds. The van der Waals surface area contributed by atoms with Crippen molar-refractivity contribution >= 4 is 54.3 Å². The largest absolute Gasteiger partial charge is 0.480 e. The molecule has 0 radical (unpaired) electrons. The van der Waals surface area contributed by atoms with Crippen molar-refractivity contribution in [3.8, 4) is 5.69 Å². The number of carboxylic acids is 2. The van der Waals surface area contributed by atoms with Crippen molar-refractivity contribution in [2.75, 3.05) is 18.1 Å². The van der Waals surface area contributed by atoms with Gasteiger partial charge in [-0.1, -0.05) is 11.6 Å². The lowest BCUT2D eigenvalue weighted by Crippen LogP contribution is -2.40. The molecule has 0 saturated heterocycles. The molecule has 0 saturated carbocycles. The monoisotopic (exact) mass is 905 g/mol. The fourth-order valence-electron chi connectivity index (χ4n) is 4.56. The van der Waals surface area contributed by atoms with E-state index < -0.39 is 78.2 Å². The molecule has 2 atom stereocenters. The number of amides is 2. The van der Waals surface area contributed by atoms with Crippen LogP contribution in [0.1, 0.15) is 59.3 Å². The van der Waals surface area contributed by atoms with Gasteiger partial charge in [0, 0.05) is 43.9 Å². The quantitative estimate of drug-likeness (QED) is 0.0378. The number of carbonyl (C=O) groups excluding carboxylic acids is 2. The maximum absolute atomic E-state index is 13.0. The minimum absolute atomic E-state index is 0.0104. The first-order valence-corrected chi connectivity index (χ1v) is 19.7. The third-order valence-electron chi connectivity index (χ3n) is 7.38. The molecule has 0 bridgehead atoms. The van der Waals surface area contributed by atoms with E-state index in [4.69, 9.17) is 37.2 Å². The topological polar surface area (TPSA) is 275 Å². The number of alkyl halides is 3. The summed E-state index contributed by atoms with van der Waals surface area (Å²) in [5.74, 6) is -4.80. The highest BCUT2D eigenvalue weighted by Crippen LogP contribution is 2.35. The van der Waals surface area contributed by atoms with Crippen LogP contribution < -0.4 is 27.7 Å². The molecule has 2 aromatic heterocycles. The third-order valence-corrected chi connectivity index (χ3v) is 8.80. The van der Waals surface area contributed by atoms with Gasteiger partial charge in [0.15, 0.2) is 7.37 Å². The Morgan fingerprint density at radius 1 is 1.02 bits per heavy atom. The SMILES string of the molecule is C/C(=N\NC(=O)Nc1cc(F)cc(F)c1)c1ncccc1C(=O)O.CC(C)OC(=O)c1cc(-n2c(=O)cc(C(F)(F)F)n(C)c2=O)ccc1Cl.CP(=O)(O)CCC(N)C(=O)O. The molecule has 25 heteroatoms. The molecule has 0 aliphatic carbocycles. The van der Waals surface area contributed by atoms with E-state index in [2.05, 4.69) is 20.8 Å². The molecule has 18 nitrogen and oxygen atoms in total. The number of aromatic nitrogens is 3. The zero-order valence-corrected chi connectivity index (χ0v) is 34.2. The third kappa shape index (κ3) is 16.0. The van der Waals surface area contributed by atoms with E-state index in [1.807, 2.05) is 0 Å².